The number of hydrogen-bond donors (Lipinski definition) is 1. The number of quaternary nitrogens is 1. The van der Waals surface area contributed by atoms with Crippen molar-refractivity contribution in [2.75, 3.05) is 26.2 Å². The summed E-state index contributed by atoms with van der Waals surface area (Å²) in [6.45, 7) is 4.64. The summed E-state index contributed by atoms with van der Waals surface area (Å²) in [5.41, 5.74) is 6.71. The first-order valence-corrected chi connectivity index (χ1v) is 7.90. The van der Waals surface area contributed by atoms with Crippen molar-refractivity contribution in [3.05, 3.63) is 47.7 Å². The molecule has 22 heavy (non-hydrogen) atoms. The van der Waals surface area contributed by atoms with Gasteiger partial charge in [0.15, 0.2) is 6.20 Å². The van der Waals surface area contributed by atoms with Gasteiger partial charge in [0.1, 0.15) is 18.9 Å². The summed E-state index contributed by atoms with van der Waals surface area (Å²) in [7, 11) is 0. The fourth-order valence-corrected chi connectivity index (χ4v) is 3.15. The molecule has 2 heterocycles. The molecule has 0 amide bonds. The van der Waals surface area contributed by atoms with Crippen molar-refractivity contribution < 1.29 is 8.98 Å². The Kier molecular flexibility index (Phi) is 4.49. The van der Waals surface area contributed by atoms with Crippen LogP contribution in [0.2, 0.25) is 0 Å². The number of nitrogens with zero attached hydrogens (tertiary/aromatic N) is 4. The average molecular weight is 304 g/mol. The minimum absolute atomic E-state index is 0.222. The molecule has 1 unspecified atom stereocenters. The minimum Gasteiger partial charge on any atom is -0.378 e. The Labute approximate surface area is 130 Å². The van der Waals surface area contributed by atoms with E-state index in [1.54, 1.807) is 12.1 Å². The fraction of sp³-hybridized carbons (Fsp3) is 0.500. The Morgan fingerprint density at radius 1 is 1.23 bits per heavy atom. The quantitative estimate of drug-likeness (QED) is 0.850. The van der Waals surface area contributed by atoms with Crippen molar-refractivity contribution in [1.29, 1.82) is 0 Å². The van der Waals surface area contributed by atoms with Crippen molar-refractivity contribution >= 4 is 0 Å². The van der Waals surface area contributed by atoms with Crippen LogP contribution in [0.1, 0.15) is 24.8 Å². The smallest absolute Gasteiger partial charge is 0.207 e. The van der Waals surface area contributed by atoms with E-state index in [1.807, 2.05) is 12.3 Å². The minimum atomic E-state index is -0.222. The maximum atomic E-state index is 13.4. The van der Waals surface area contributed by atoms with Crippen LogP contribution < -0.4 is 5.73 Å². The molecule has 3 rings (SSSR count). The molecule has 0 radical (unpaired) electrons. The molecule has 6 heteroatoms. The third-order valence-corrected chi connectivity index (χ3v) is 4.31. The second kappa shape index (κ2) is 6.54. The zero-order valence-corrected chi connectivity index (χ0v) is 12.8. The van der Waals surface area contributed by atoms with Gasteiger partial charge in [-0.2, -0.15) is 0 Å². The molecule has 0 saturated carbocycles. The van der Waals surface area contributed by atoms with E-state index in [4.69, 9.17) is 5.73 Å². The lowest BCUT2D eigenvalue weighted by Gasteiger charge is -2.30. The number of nitrogens with two attached hydrogens (primary N) is 1. The molecule has 1 aromatic rings. The Morgan fingerprint density at radius 3 is 2.73 bits per heavy atom. The van der Waals surface area contributed by atoms with Crippen LogP contribution in [-0.2, 0) is 6.54 Å². The molecule has 118 valence electrons. The number of likely N-dealkylation sites (tertiary alicyclic amines) is 1. The summed E-state index contributed by atoms with van der Waals surface area (Å²) in [4.78, 5) is 2.47. The van der Waals surface area contributed by atoms with Gasteiger partial charge in [-0.15, -0.1) is 4.59 Å². The molecular weight excluding hydrogens is 281 g/mol. The molecule has 2 N–H and O–H groups in total. The van der Waals surface area contributed by atoms with Crippen LogP contribution in [0.25, 0.3) is 0 Å². The molecule has 1 fully saturated rings. The van der Waals surface area contributed by atoms with Crippen molar-refractivity contribution in [3.8, 4) is 0 Å². The molecule has 1 saturated heterocycles. The van der Waals surface area contributed by atoms with E-state index in [2.05, 4.69) is 15.2 Å². The lowest BCUT2D eigenvalue weighted by molar-refractivity contribution is -0.900. The number of benzene rings is 1. The summed E-state index contributed by atoms with van der Waals surface area (Å²) < 4.78 is 13.7. The van der Waals surface area contributed by atoms with Gasteiger partial charge < -0.3 is 5.73 Å². The highest BCUT2D eigenvalue weighted by molar-refractivity contribution is 5.15. The summed E-state index contributed by atoms with van der Waals surface area (Å²) in [5, 5.41) is 8.35. The van der Waals surface area contributed by atoms with E-state index in [0.29, 0.717) is 17.0 Å². The van der Waals surface area contributed by atoms with E-state index >= 15 is 0 Å². The second-order valence-corrected chi connectivity index (χ2v) is 6.14. The molecule has 0 bridgehead atoms. The molecule has 0 aromatic heterocycles. The zero-order chi connectivity index (χ0) is 15.4. The maximum absolute atomic E-state index is 13.4. The first-order valence-electron chi connectivity index (χ1n) is 7.90. The summed E-state index contributed by atoms with van der Waals surface area (Å²) >= 11 is 0. The van der Waals surface area contributed by atoms with Crippen LogP contribution in [0.5, 0.6) is 0 Å². The van der Waals surface area contributed by atoms with Gasteiger partial charge in [0.2, 0.25) is 5.82 Å². The highest BCUT2D eigenvalue weighted by Crippen LogP contribution is 2.24. The second-order valence-electron chi connectivity index (χ2n) is 6.14. The molecule has 0 aliphatic carbocycles. The normalized spacial score (nSPS) is 25.4. The van der Waals surface area contributed by atoms with Gasteiger partial charge in [-0.25, -0.2) is 4.39 Å². The summed E-state index contributed by atoms with van der Waals surface area (Å²) in [6.07, 6.45) is 5.73. The Balaban J connectivity index is 1.70. The SMILES string of the molecule is NC1=C[N+](CCN2CCCCC2)(Cc2cccc(F)c2)N=N1. The molecule has 5 nitrogen and oxygen atoms in total. The van der Waals surface area contributed by atoms with Gasteiger partial charge in [-0.05, 0) is 38.1 Å². The lowest BCUT2D eigenvalue weighted by Crippen LogP contribution is -2.43. The topological polar surface area (TPSA) is 54.0 Å². The third kappa shape index (κ3) is 3.69. The number of piperidine rings is 1. The average Bonchev–Trinajstić information content (AvgIpc) is 2.88. The van der Waals surface area contributed by atoms with Crippen LogP contribution in [0.4, 0.5) is 4.39 Å². The molecular formula is C16H23FN5+. The van der Waals surface area contributed by atoms with E-state index in [9.17, 15) is 4.39 Å². The summed E-state index contributed by atoms with van der Waals surface area (Å²) in [6, 6.07) is 6.66. The highest BCUT2D eigenvalue weighted by Gasteiger charge is 2.32. The van der Waals surface area contributed by atoms with Gasteiger partial charge in [0, 0.05) is 10.8 Å². The zero-order valence-electron chi connectivity index (χ0n) is 12.8. The maximum Gasteiger partial charge on any atom is 0.207 e. The summed E-state index contributed by atoms with van der Waals surface area (Å²) in [5.74, 6) is 0.217. The number of hydrogen-bond acceptors (Lipinski definition) is 4. The van der Waals surface area contributed by atoms with Crippen molar-refractivity contribution in [2.45, 2.75) is 25.8 Å². The molecule has 2 aliphatic rings. The van der Waals surface area contributed by atoms with E-state index < -0.39 is 0 Å². The van der Waals surface area contributed by atoms with Gasteiger partial charge in [0.25, 0.3) is 0 Å². The van der Waals surface area contributed by atoms with Gasteiger partial charge in [-0.3, -0.25) is 4.90 Å². The van der Waals surface area contributed by atoms with Crippen LogP contribution >= 0.6 is 0 Å². The Morgan fingerprint density at radius 2 is 2.05 bits per heavy atom. The predicted octanol–water partition coefficient (Wildman–Crippen LogP) is 2.77. The van der Waals surface area contributed by atoms with E-state index in [0.717, 1.165) is 31.7 Å². The largest absolute Gasteiger partial charge is 0.378 e. The van der Waals surface area contributed by atoms with Gasteiger partial charge in [0.05, 0.1) is 6.54 Å². The molecule has 2 aliphatic heterocycles. The third-order valence-electron chi connectivity index (χ3n) is 4.31. The van der Waals surface area contributed by atoms with Crippen molar-refractivity contribution in [3.63, 3.8) is 0 Å². The van der Waals surface area contributed by atoms with Crippen LogP contribution in [0.15, 0.2) is 46.6 Å². The predicted molar refractivity (Wildman–Crippen MR) is 82.6 cm³/mol. The first kappa shape index (κ1) is 15.1. The van der Waals surface area contributed by atoms with E-state index in [1.165, 1.54) is 25.3 Å². The Bertz CT molecular complexity index is 580. The fourth-order valence-electron chi connectivity index (χ4n) is 3.15. The standard InChI is InChI=1S/C16H23FN5/c17-15-6-4-5-14(11-15)12-22(13-16(18)19-20-22)10-9-21-7-2-1-3-8-21/h4-6,11,13H,1-3,7-10,12,18H2/q+1. The van der Waals surface area contributed by atoms with Gasteiger partial charge in [-0.1, -0.05) is 23.7 Å². The number of rotatable bonds is 5. The van der Waals surface area contributed by atoms with Crippen LogP contribution in [0.3, 0.4) is 0 Å². The molecule has 0 spiro atoms. The van der Waals surface area contributed by atoms with Crippen LogP contribution in [0, 0.1) is 5.82 Å². The Hall–Kier alpha value is -1.79. The van der Waals surface area contributed by atoms with Crippen molar-refractivity contribution in [2.24, 2.45) is 16.1 Å². The van der Waals surface area contributed by atoms with Crippen LogP contribution in [-0.4, -0.2) is 35.7 Å². The highest BCUT2D eigenvalue weighted by atomic mass is 19.1. The lowest BCUT2D eigenvalue weighted by atomic mass is 10.1. The first-order chi connectivity index (χ1) is 10.7. The number of halogens is 1. The molecule has 1 aromatic carbocycles. The van der Waals surface area contributed by atoms with Gasteiger partial charge >= 0.3 is 0 Å². The monoisotopic (exact) mass is 304 g/mol. The van der Waals surface area contributed by atoms with Crippen molar-refractivity contribution in [1.82, 2.24) is 4.90 Å². The molecule has 1 atom stereocenters. The van der Waals surface area contributed by atoms with E-state index in [-0.39, 0.29) is 5.82 Å².